The van der Waals surface area contributed by atoms with Crippen LogP contribution in [0.15, 0.2) is 40.9 Å². The summed E-state index contributed by atoms with van der Waals surface area (Å²) in [7, 11) is 0. The Morgan fingerprint density at radius 1 is 1.22 bits per heavy atom. The molecule has 0 bridgehead atoms. The second-order valence-electron chi connectivity index (χ2n) is 7.27. The summed E-state index contributed by atoms with van der Waals surface area (Å²) in [4.78, 5) is 19.6. The molecular weight excluding hydrogens is 340 g/mol. The van der Waals surface area contributed by atoms with E-state index in [1.165, 1.54) is 5.56 Å². The number of nitrogens with zero attached hydrogens (tertiary/aromatic N) is 3. The second kappa shape index (κ2) is 7.48. The van der Waals surface area contributed by atoms with Crippen LogP contribution in [-0.2, 0) is 6.54 Å². The molecule has 6 nitrogen and oxygen atoms in total. The highest BCUT2D eigenvalue weighted by Gasteiger charge is 2.23. The van der Waals surface area contributed by atoms with Crippen molar-refractivity contribution in [2.24, 2.45) is 0 Å². The summed E-state index contributed by atoms with van der Waals surface area (Å²) in [6.45, 7) is 6.62. The number of benzene rings is 1. The summed E-state index contributed by atoms with van der Waals surface area (Å²) in [5.41, 5.74) is 3.80. The second-order valence-corrected chi connectivity index (χ2v) is 7.27. The smallest absolute Gasteiger partial charge is 0.258 e. The molecule has 0 radical (unpaired) electrons. The van der Waals surface area contributed by atoms with Gasteiger partial charge in [0.1, 0.15) is 0 Å². The standard InChI is InChI=1S/C21H24N4O2/c1-14-12-18(19-15(2)24-27-21(19)22-14)20(26)23-17-8-10-25(11-9-17)13-16-6-4-3-5-7-16/h3-7,12,17H,8-11,13H2,1-2H3,(H,23,26). The molecular formula is C21H24N4O2. The number of carbonyl (C=O) groups excluding carboxylic acids is 1. The van der Waals surface area contributed by atoms with Gasteiger partial charge in [0.15, 0.2) is 0 Å². The van der Waals surface area contributed by atoms with Gasteiger partial charge in [0.25, 0.3) is 11.6 Å². The van der Waals surface area contributed by atoms with Gasteiger partial charge >= 0.3 is 0 Å². The lowest BCUT2D eigenvalue weighted by atomic mass is 10.0. The highest BCUT2D eigenvalue weighted by Crippen LogP contribution is 2.22. The first-order valence-electron chi connectivity index (χ1n) is 9.41. The van der Waals surface area contributed by atoms with Gasteiger partial charge in [-0.3, -0.25) is 9.69 Å². The van der Waals surface area contributed by atoms with E-state index in [1.54, 1.807) is 0 Å². The molecule has 1 saturated heterocycles. The molecule has 2 aromatic heterocycles. The molecule has 3 heterocycles. The van der Waals surface area contributed by atoms with Gasteiger partial charge in [-0.25, -0.2) is 4.98 Å². The zero-order valence-corrected chi connectivity index (χ0v) is 15.7. The van der Waals surface area contributed by atoms with Crippen LogP contribution in [0.4, 0.5) is 0 Å². The number of likely N-dealkylation sites (tertiary alicyclic amines) is 1. The molecule has 4 rings (SSSR count). The summed E-state index contributed by atoms with van der Waals surface area (Å²) >= 11 is 0. The van der Waals surface area contributed by atoms with Crippen molar-refractivity contribution in [3.05, 3.63) is 58.9 Å². The third-order valence-corrected chi connectivity index (χ3v) is 5.16. The molecule has 0 atom stereocenters. The number of rotatable bonds is 4. The number of amides is 1. The summed E-state index contributed by atoms with van der Waals surface area (Å²) in [6, 6.07) is 12.5. The van der Waals surface area contributed by atoms with Crippen LogP contribution in [0.5, 0.6) is 0 Å². The molecule has 0 unspecified atom stereocenters. The van der Waals surface area contributed by atoms with Gasteiger partial charge in [-0.2, -0.15) is 0 Å². The Bertz CT molecular complexity index is 943. The highest BCUT2D eigenvalue weighted by atomic mass is 16.5. The number of carbonyl (C=O) groups is 1. The van der Waals surface area contributed by atoms with E-state index < -0.39 is 0 Å². The van der Waals surface area contributed by atoms with Gasteiger partial charge < -0.3 is 9.84 Å². The summed E-state index contributed by atoms with van der Waals surface area (Å²) in [6.07, 6.45) is 1.91. The molecule has 1 aromatic carbocycles. The first-order valence-corrected chi connectivity index (χ1v) is 9.41. The quantitative estimate of drug-likeness (QED) is 0.769. The number of nitrogens with one attached hydrogen (secondary N) is 1. The van der Waals surface area contributed by atoms with Gasteiger partial charge in [0.05, 0.1) is 16.6 Å². The lowest BCUT2D eigenvalue weighted by molar-refractivity contribution is 0.0910. The third kappa shape index (κ3) is 3.85. The first kappa shape index (κ1) is 17.7. The minimum Gasteiger partial charge on any atom is -0.349 e. The van der Waals surface area contributed by atoms with E-state index in [9.17, 15) is 4.79 Å². The van der Waals surface area contributed by atoms with E-state index in [2.05, 4.69) is 44.6 Å². The fourth-order valence-corrected chi connectivity index (χ4v) is 3.74. The predicted molar refractivity (Wildman–Crippen MR) is 103 cm³/mol. The number of aryl methyl sites for hydroxylation is 2. The average molecular weight is 364 g/mol. The average Bonchev–Trinajstić information content (AvgIpc) is 3.04. The van der Waals surface area contributed by atoms with Crippen LogP contribution >= 0.6 is 0 Å². The van der Waals surface area contributed by atoms with E-state index in [4.69, 9.17) is 4.52 Å². The van der Waals surface area contributed by atoms with Crippen LogP contribution < -0.4 is 5.32 Å². The number of fused-ring (bicyclic) bond motifs is 1. The summed E-state index contributed by atoms with van der Waals surface area (Å²) < 4.78 is 5.23. The zero-order chi connectivity index (χ0) is 18.8. The fourth-order valence-electron chi connectivity index (χ4n) is 3.74. The van der Waals surface area contributed by atoms with Crippen LogP contribution in [0.2, 0.25) is 0 Å². The Balaban J connectivity index is 1.39. The van der Waals surface area contributed by atoms with Crippen molar-refractivity contribution in [2.45, 2.75) is 39.3 Å². The predicted octanol–water partition coefficient (Wildman–Crippen LogP) is 3.23. The molecule has 1 amide bonds. The SMILES string of the molecule is Cc1cc(C(=O)NC2CCN(Cc3ccccc3)CC2)c2c(C)noc2n1. The maximum absolute atomic E-state index is 12.9. The number of piperidine rings is 1. The Morgan fingerprint density at radius 2 is 1.96 bits per heavy atom. The molecule has 0 saturated carbocycles. The van der Waals surface area contributed by atoms with E-state index >= 15 is 0 Å². The van der Waals surface area contributed by atoms with Crippen molar-refractivity contribution >= 4 is 17.0 Å². The van der Waals surface area contributed by atoms with Crippen LogP contribution in [0.1, 0.15) is 40.2 Å². The van der Waals surface area contributed by atoms with Crippen LogP contribution in [0, 0.1) is 13.8 Å². The van der Waals surface area contributed by atoms with E-state index in [0.29, 0.717) is 22.4 Å². The lowest BCUT2D eigenvalue weighted by Gasteiger charge is -2.32. The topological polar surface area (TPSA) is 71.3 Å². The van der Waals surface area contributed by atoms with Gasteiger partial charge in [0, 0.05) is 31.4 Å². The normalized spacial score (nSPS) is 15.9. The number of pyridine rings is 1. The number of aromatic nitrogens is 2. The number of hydrogen-bond acceptors (Lipinski definition) is 5. The van der Waals surface area contributed by atoms with Crippen molar-refractivity contribution in [3.8, 4) is 0 Å². The van der Waals surface area contributed by atoms with Crippen molar-refractivity contribution in [2.75, 3.05) is 13.1 Å². The molecule has 1 aliphatic rings. The number of hydrogen-bond donors (Lipinski definition) is 1. The maximum Gasteiger partial charge on any atom is 0.258 e. The Kier molecular flexibility index (Phi) is 4.90. The Labute approximate surface area is 158 Å². The first-order chi connectivity index (χ1) is 13.1. The zero-order valence-electron chi connectivity index (χ0n) is 15.7. The summed E-state index contributed by atoms with van der Waals surface area (Å²) in [5.74, 6) is -0.0710. The van der Waals surface area contributed by atoms with Crippen molar-refractivity contribution in [3.63, 3.8) is 0 Å². The summed E-state index contributed by atoms with van der Waals surface area (Å²) in [5, 5.41) is 7.85. The molecule has 3 aromatic rings. The van der Waals surface area contributed by atoms with Crippen LogP contribution in [-0.4, -0.2) is 40.1 Å². The fraction of sp³-hybridized carbons (Fsp3) is 0.381. The van der Waals surface area contributed by atoms with Crippen molar-refractivity contribution in [1.29, 1.82) is 0 Å². The van der Waals surface area contributed by atoms with Crippen molar-refractivity contribution in [1.82, 2.24) is 20.4 Å². The van der Waals surface area contributed by atoms with E-state index in [-0.39, 0.29) is 11.9 Å². The Morgan fingerprint density at radius 3 is 2.70 bits per heavy atom. The third-order valence-electron chi connectivity index (χ3n) is 5.16. The molecule has 0 spiro atoms. The minimum absolute atomic E-state index is 0.0710. The van der Waals surface area contributed by atoms with Gasteiger partial charge in [-0.1, -0.05) is 35.5 Å². The maximum atomic E-state index is 12.9. The Hall–Kier alpha value is -2.73. The molecule has 6 heteroatoms. The van der Waals surface area contributed by atoms with Crippen LogP contribution in [0.25, 0.3) is 11.1 Å². The van der Waals surface area contributed by atoms with Crippen molar-refractivity contribution < 1.29 is 9.32 Å². The molecule has 1 N–H and O–H groups in total. The minimum atomic E-state index is -0.0710. The largest absolute Gasteiger partial charge is 0.349 e. The molecule has 140 valence electrons. The van der Waals surface area contributed by atoms with Gasteiger partial charge in [-0.05, 0) is 38.3 Å². The monoisotopic (exact) mass is 364 g/mol. The van der Waals surface area contributed by atoms with Crippen LogP contribution in [0.3, 0.4) is 0 Å². The molecule has 1 fully saturated rings. The molecule has 27 heavy (non-hydrogen) atoms. The van der Waals surface area contributed by atoms with E-state index in [1.807, 2.05) is 26.0 Å². The molecule has 0 aliphatic carbocycles. The van der Waals surface area contributed by atoms with E-state index in [0.717, 1.165) is 38.2 Å². The highest BCUT2D eigenvalue weighted by molar-refractivity contribution is 6.06. The molecule has 1 aliphatic heterocycles. The van der Waals surface area contributed by atoms with Gasteiger partial charge in [-0.15, -0.1) is 0 Å². The lowest BCUT2D eigenvalue weighted by Crippen LogP contribution is -2.44. The van der Waals surface area contributed by atoms with Gasteiger partial charge in [0.2, 0.25) is 0 Å².